The van der Waals surface area contributed by atoms with Crippen LogP contribution in [0.1, 0.15) is 24.8 Å². The first kappa shape index (κ1) is 32.3. The minimum Gasteiger partial charge on any atom is -0.508 e. The van der Waals surface area contributed by atoms with Gasteiger partial charge in [-0.15, -0.1) is 0 Å². The Balaban J connectivity index is 0.000000145. The second kappa shape index (κ2) is 13.1. The highest BCUT2D eigenvalue weighted by atomic mass is 16.5. The van der Waals surface area contributed by atoms with E-state index in [0.29, 0.717) is 33.1 Å². The summed E-state index contributed by atoms with van der Waals surface area (Å²) < 4.78 is 22.0. The molecule has 4 heterocycles. The van der Waals surface area contributed by atoms with Gasteiger partial charge in [-0.3, -0.25) is 0 Å². The number of likely N-dealkylation sites (N-methyl/N-ethyl adjacent to an activating group) is 1. The zero-order chi connectivity index (χ0) is 34.4. The Morgan fingerprint density at radius 3 is 1.90 bits per heavy atom. The molecule has 258 valence electrons. The molecule has 0 atom stereocenters. The summed E-state index contributed by atoms with van der Waals surface area (Å²) in [4.78, 5) is 29.5. The average Bonchev–Trinajstić information content (AvgIpc) is 3.06. The molecule has 9 rings (SSSR count). The van der Waals surface area contributed by atoms with Crippen LogP contribution in [0.2, 0.25) is 0 Å². The first-order chi connectivity index (χ1) is 24.2. The monoisotopic (exact) mass is 676 g/mol. The van der Waals surface area contributed by atoms with E-state index in [4.69, 9.17) is 18.3 Å². The van der Waals surface area contributed by atoms with Gasteiger partial charge in [-0.1, -0.05) is 12.1 Å². The number of aryl methyl sites for hydroxylation is 1. The summed E-state index contributed by atoms with van der Waals surface area (Å²) in [7, 11) is 2.17. The van der Waals surface area contributed by atoms with Crippen molar-refractivity contribution in [3.05, 3.63) is 99.2 Å². The van der Waals surface area contributed by atoms with Crippen LogP contribution >= 0.6 is 0 Å². The van der Waals surface area contributed by atoms with E-state index in [1.54, 1.807) is 30.3 Å². The highest BCUT2D eigenvalue weighted by molar-refractivity contribution is 6.05. The molecule has 3 aliphatic rings. The third-order valence-electron chi connectivity index (χ3n) is 10.4. The van der Waals surface area contributed by atoms with Crippen LogP contribution in [0.5, 0.6) is 17.2 Å². The molecule has 2 aromatic heterocycles. The number of ether oxygens (including phenoxy) is 2. The van der Waals surface area contributed by atoms with Crippen molar-refractivity contribution in [2.24, 2.45) is 5.41 Å². The molecule has 6 aromatic rings. The normalized spacial score (nSPS) is 17.9. The van der Waals surface area contributed by atoms with Crippen LogP contribution in [-0.4, -0.2) is 79.1 Å². The van der Waals surface area contributed by atoms with Crippen LogP contribution in [0, 0.1) is 5.41 Å². The van der Waals surface area contributed by atoms with Crippen LogP contribution < -0.4 is 16.0 Å². The Labute approximate surface area is 288 Å². The van der Waals surface area contributed by atoms with Gasteiger partial charge in [-0.05, 0) is 98.8 Å². The van der Waals surface area contributed by atoms with E-state index in [9.17, 15) is 19.8 Å². The number of benzene rings is 4. The van der Waals surface area contributed by atoms with Crippen LogP contribution in [0.3, 0.4) is 0 Å². The molecule has 10 nitrogen and oxygen atoms in total. The highest BCUT2D eigenvalue weighted by Crippen LogP contribution is 2.48. The summed E-state index contributed by atoms with van der Waals surface area (Å²) in [5.41, 5.74) is 1.54. The highest BCUT2D eigenvalue weighted by Gasteiger charge is 2.51. The number of nitrogens with zero attached hydrogens (tertiary/aromatic N) is 2. The van der Waals surface area contributed by atoms with Gasteiger partial charge in [0.05, 0.1) is 24.0 Å². The second-order valence-corrected chi connectivity index (χ2v) is 14.1. The van der Waals surface area contributed by atoms with E-state index < -0.39 is 5.63 Å². The van der Waals surface area contributed by atoms with Crippen LogP contribution in [0.25, 0.3) is 43.5 Å². The summed E-state index contributed by atoms with van der Waals surface area (Å²) in [6, 6.07) is 21.2. The Kier molecular flexibility index (Phi) is 8.46. The fourth-order valence-corrected chi connectivity index (χ4v) is 7.48. The van der Waals surface area contributed by atoms with Gasteiger partial charge in [-0.25, -0.2) is 9.59 Å². The van der Waals surface area contributed by atoms with Crippen LogP contribution in [0.4, 0.5) is 0 Å². The molecular weight excluding hydrogens is 636 g/mol. The van der Waals surface area contributed by atoms with Crippen molar-refractivity contribution in [1.82, 2.24) is 9.80 Å². The quantitative estimate of drug-likeness (QED) is 0.159. The van der Waals surface area contributed by atoms with Gasteiger partial charge in [0.2, 0.25) is 0 Å². The van der Waals surface area contributed by atoms with Crippen molar-refractivity contribution in [1.29, 1.82) is 0 Å². The molecule has 4 aromatic carbocycles. The Hall–Kier alpha value is -4.90. The standard InChI is InChI=1S/C21H24N2O3.C19H16O5/c1-22-9-11-23(12-10-22)8-2-3-15-4-6-17-18-7-5-16(24)14-20(18)26-21(25)19(17)13-15;20-11-1-3-15-14-4-2-12(6-16(14)18(21)24-17(15)5-11)23-13-7-19(8-13)9-22-10-19/h4-7,13-14,24H,2-3,8-12H2,1H3;1-6,13,20H,7-10H2. The van der Waals surface area contributed by atoms with Gasteiger partial charge < -0.3 is 38.3 Å². The number of phenolic OH excluding ortho intramolecular Hbond substituents is 2. The number of fused-ring (bicyclic) bond motifs is 6. The molecular formula is C40H40N2O8. The fraction of sp³-hybridized carbons (Fsp3) is 0.350. The lowest BCUT2D eigenvalue weighted by atomic mass is 9.65. The number of piperazine rings is 1. The third-order valence-corrected chi connectivity index (χ3v) is 10.4. The van der Waals surface area contributed by atoms with Gasteiger partial charge in [0, 0.05) is 59.9 Å². The lowest BCUT2D eigenvalue weighted by Gasteiger charge is -2.52. The maximum absolute atomic E-state index is 12.3. The molecule has 2 N–H and O–H groups in total. The molecule has 2 aliphatic heterocycles. The number of hydrogen-bond donors (Lipinski definition) is 2. The number of hydrogen-bond acceptors (Lipinski definition) is 10. The van der Waals surface area contributed by atoms with Gasteiger partial charge in [0.1, 0.15) is 34.5 Å². The third kappa shape index (κ3) is 6.42. The number of phenols is 2. The average molecular weight is 677 g/mol. The van der Waals surface area contributed by atoms with Gasteiger partial charge in [-0.2, -0.15) is 0 Å². The summed E-state index contributed by atoms with van der Waals surface area (Å²) in [6.07, 6.45) is 4.25. The van der Waals surface area contributed by atoms with E-state index >= 15 is 0 Å². The molecule has 50 heavy (non-hydrogen) atoms. The largest absolute Gasteiger partial charge is 0.508 e. The van der Waals surface area contributed by atoms with Crippen molar-refractivity contribution in [2.45, 2.75) is 31.8 Å². The Morgan fingerprint density at radius 1 is 0.720 bits per heavy atom. The van der Waals surface area contributed by atoms with Crippen molar-refractivity contribution < 1.29 is 28.5 Å². The summed E-state index contributed by atoms with van der Waals surface area (Å²) in [6.45, 7) is 7.32. The van der Waals surface area contributed by atoms with E-state index in [1.165, 1.54) is 12.1 Å². The Bertz CT molecular complexity index is 2330. The van der Waals surface area contributed by atoms with Crippen molar-refractivity contribution in [2.75, 3.05) is 53.0 Å². The van der Waals surface area contributed by atoms with Crippen molar-refractivity contribution in [3.8, 4) is 17.2 Å². The second-order valence-electron chi connectivity index (χ2n) is 14.1. The Morgan fingerprint density at radius 2 is 1.30 bits per heavy atom. The lowest BCUT2D eigenvalue weighted by Crippen LogP contribution is -2.56. The molecule has 0 bridgehead atoms. The molecule has 2 saturated heterocycles. The molecule has 0 amide bonds. The minimum absolute atomic E-state index is 0.0730. The van der Waals surface area contributed by atoms with E-state index in [0.717, 1.165) is 98.7 Å². The maximum atomic E-state index is 12.3. The SMILES string of the molecule is CN1CCN(CCCc2ccc3c(c2)c(=O)oc2cc(O)ccc23)CC1.O=c1oc2cc(O)ccc2c2ccc(OC3CC4(COC4)C3)cc12. The van der Waals surface area contributed by atoms with E-state index in [2.05, 4.69) is 22.9 Å². The smallest absolute Gasteiger partial charge is 0.344 e. The van der Waals surface area contributed by atoms with Crippen LogP contribution in [-0.2, 0) is 11.2 Å². The topological polar surface area (TPSA) is 126 Å². The zero-order valence-corrected chi connectivity index (χ0v) is 28.0. The lowest BCUT2D eigenvalue weighted by molar-refractivity contribution is -0.191. The summed E-state index contributed by atoms with van der Waals surface area (Å²) in [5.74, 6) is 0.859. The molecule has 1 aliphatic carbocycles. The molecule has 1 saturated carbocycles. The van der Waals surface area contributed by atoms with Gasteiger partial charge >= 0.3 is 11.3 Å². The fourth-order valence-electron chi connectivity index (χ4n) is 7.48. The predicted octanol–water partition coefficient (Wildman–Crippen LogP) is 6.04. The minimum atomic E-state index is -0.425. The first-order valence-corrected chi connectivity index (χ1v) is 17.3. The zero-order valence-electron chi connectivity index (χ0n) is 28.0. The number of rotatable bonds is 6. The summed E-state index contributed by atoms with van der Waals surface area (Å²) >= 11 is 0. The van der Waals surface area contributed by atoms with E-state index in [1.807, 2.05) is 24.3 Å². The molecule has 3 fully saturated rings. The van der Waals surface area contributed by atoms with Crippen molar-refractivity contribution >= 4 is 43.5 Å². The summed E-state index contributed by atoms with van der Waals surface area (Å²) in [5, 5.41) is 23.6. The van der Waals surface area contributed by atoms with Crippen molar-refractivity contribution in [3.63, 3.8) is 0 Å². The van der Waals surface area contributed by atoms with Crippen LogP contribution in [0.15, 0.2) is 91.2 Å². The number of aromatic hydroxyl groups is 2. The molecule has 0 unspecified atom stereocenters. The molecule has 10 heteroatoms. The first-order valence-electron chi connectivity index (χ1n) is 17.3. The molecule has 0 radical (unpaired) electrons. The van der Waals surface area contributed by atoms with Gasteiger partial charge in [0.25, 0.3) is 0 Å². The predicted molar refractivity (Wildman–Crippen MR) is 192 cm³/mol. The van der Waals surface area contributed by atoms with E-state index in [-0.39, 0.29) is 23.2 Å². The molecule has 1 spiro atoms. The maximum Gasteiger partial charge on any atom is 0.344 e. The van der Waals surface area contributed by atoms with Gasteiger partial charge in [0.15, 0.2) is 0 Å².